The molecule has 0 bridgehead atoms. The van der Waals surface area contributed by atoms with Gasteiger partial charge in [-0.2, -0.15) is 0 Å². The number of rotatable bonds is 5. The van der Waals surface area contributed by atoms with Crippen molar-refractivity contribution in [2.45, 2.75) is 32.2 Å². The van der Waals surface area contributed by atoms with E-state index in [1.54, 1.807) is 11.7 Å². The van der Waals surface area contributed by atoms with Crippen LogP contribution in [0.1, 0.15) is 31.2 Å². The van der Waals surface area contributed by atoms with Crippen molar-refractivity contribution in [3.63, 3.8) is 0 Å². The molecule has 0 unspecified atom stereocenters. The molecular formula is C25H26BrN5O2. The van der Waals surface area contributed by atoms with Gasteiger partial charge >= 0.3 is 0 Å². The molecule has 0 saturated carbocycles. The Hall–Kier alpha value is -3.13. The first kappa shape index (κ1) is 21.7. The molecule has 1 aliphatic heterocycles. The zero-order valence-electron chi connectivity index (χ0n) is 18.6. The van der Waals surface area contributed by atoms with Gasteiger partial charge in [-0.1, -0.05) is 53.1 Å². The molecule has 2 aromatic heterocycles. The van der Waals surface area contributed by atoms with Gasteiger partial charge < -0.3 is 9.64 Å². The van der Waals surface area contributed by atoms with E-state index in [1.807, 2.05) is 59.0 Å². The van der Waals surface area contributed by atoms with Crippen LogP contribution in [0, 0.1) is 0 Å². The first-order valence-electron chi connectivity index (χ1n) is 11.3. The second-order valence-corrected chi connectivity index (χ2v) is 9.21. The number of allylic oxidation sites excluding steroid dienone is 1. The van der Waals surface area contributed by atoms with Gasteiger partial charge in [0.05, 0.1) is 18.0 Å². The zero-order valence-corrected chi connectivity index (χ0v) is 20.2. The van der Waals surface area contributed by atoms with Crippen LogP contribution in [-0.4, -0.2) is 39.4 Å². The van der Waals surface area contributed by atoms with Crippen molar-refractivity contribution >= 4 is 44.6 Å². The topological polar surface area (TPSA) is 64.7 Å². The first-order chi connectivity index (χ1) is 16.2. The fraction of sp³-hybridized carbons (Fsp3) is 0.320. The summed E-state index contributed by atoms with van der Waals surface area (Å²) in [5.74, 6) is 2.19. The number of nitrogens with zero attached hydrogens (tertiary/aromatic N) is 5. The lowest BCUT2D eigenvalue weighted by Crippen LogP contribution is -2.28. The summed E-state index contributed by atoms with van der Waals surface area (Å²) in [5.41, 5.74) is 1.79. The summed E-state index contributed by atoms with van der Waals surface area (Å²) in [7, 11) is 1.65. The standard InChI is InChI=1S/C25H26BrN5O2/c1-33-20-11-8-18(9-12-20)7-6-16-30-23(32)21-17-19(26)10-13-22(21)31-24(27-28-25(30)31)29-14-4-2-3-5-15-29/h6-13,17H,2-5,14-16H2,1H3/b7-6+. The quantitative estimate of drug-likeness (QED) is 0.384. The molecule has 0 spiro atoms. The van der Waals surface area contributed by atoms with Crippen molar-refractivity contribution in [3.05, 3.63) is 68.9 Å². The lowest BCUT2D eigenvalue weighted by atomic mass is 10.2. The van der Waals surface area contributed by atoms with Gasteiger partial charge in [0.2, 0.25) is 11.7 Å². The number of aromatic nitrogens is 4. The Bertz CT molecular complexity index is 1370. The molecule has 0 N–H and O–H groups in total. The number of hydrogen-bond acceptors (Lipinski definition) is 5. The van der Waals surface area contributed by atoms with Crippen molar-refractivity contribution in [2.75, 3.05) is 25.1 Å². The highest BCUT2D eigenvalue weighted by Gasteiger charge is 2.21. The third-order valence-corrected chi connectivity index (χ3v) is 6.64. The Morgan fingerprint density at radius 3 is 2.52 bits per heavy atom. The van der Waals surface area contributed by atoms with E-state index >= 15 is 0 Å². The van der Waals surface area contributed by atoms with E-state index in [9.17, 15) is 4.79 Å². The Balaban J connectivity index is 1.60. The van der Waals surface area contributed by atoms with E-state index in [0.29, 0.717) is 17.7 Å². The molecule has 1 fully saturated rings. The van der Waals surface area contributed by atoms with Crippen LogP contribution in [0.3, 0.4) is 0 Å². The number of fused-ring (bicyclic) bond motifs is 3. The molecule has 3 heterocycles. The molecule has 0 atom stereocenters. The molecule has 1 saturated heterocycles. The lowest BCUT2D eigenvalue weighted by molar-refractivity contribution is 0.415. The van der Waals surface area contributed by atoms with Gasteiger partial charge in [0.25, 0.3) is 5.56 Å². The van der Waals surface area contributed by atoms with Gasteiger partial charge in [-0.05, 0) is 48.7 Å². The van der Waals surface area contributed by atoms with Gasteiger partial charge in [0.15, 0.2) is 0 Å². The van der Waals surface area contributed by atoms with Gasteiger partial charge in [0.1, 0.15) is 5.75 Å². The van der Waals surface area contributed by atoms with Crippen LogP contribution in [0.15, 0.2) is 57.8 Å². The summed E-state index contributed by atoms with van der Waals surface area (Å²) in [6.07, 6.45) is 8.74. The van der Waals surface area contributed by atoms with Crippen LogP contribution < -0.4 is 15.2 Å². The summed E-state index contributed by atoms with van der Waals surface area (Å²) >= 11 is 3.52. The van der Waals surface area contributed by atoms with E-state index < -0.39 is 0 Å². The van der Waals surface area contributed by atoms with E-state index in [1.165, 1.54) is 12.8 Å². The number of benzene rings is 2. The van der Waals surface area contributed by atoms with Crippen molar-refractivity contribution in [1.29, 1.82) is 0 Å². The number of halogens is 1. The van der Waals surface area contributed by atoms with E-state index in [2.05, 4.69) is 31.0 Å². The molecule has 7 nitrogen and oxygen atoms in total. The third-order valence-electron chi connectivity index (χ3n) is 6.15. The minimum absolute atomic E-state index is 0.0759. The van der Waals surface area contributed by atoms with E-state index in [0.717, 1.165) is 53.2 Å². The Morgan fingerprint density at radius 2 is 1.79 bits per heavy atom. The van der Waals surface area contributed by atoms with Crippen molar-refractivity contribution in [1.82, 2.24) is 19.2 Å². The molecule has 33 heavy (non-hydrogen) atoms. The predicted octanol–water partition coefficient (Wildman–Crippen LogP) is 4.91. The smallest absolute Gasteiger partial charge is 0.263 e. The highest BCUT2D eigenvalue weighted by molar-refractivity contribution is 9.10. The molecule has 1 aliphatic rings. The van der Waals surface area contributed by atoms with E-state index in [4.69, 9.17) is 4.74 Å². The maximum absolute atomic E-state index is 13.5. The predicted molar refractivity (Wildman–Crippen MR) is 135 cm³/mol. The molecule has 0 aliphatic carbocycles. The van der Waals surface area contributed by atoms with Crippen molar-refractivity contribution in [2.24, 2.45) is 0 Å². The van der Waals surface area contributed by atoms with Crippen LogP contribution in [-0.2, 0) is 6.54 Å². The average Bonchev–Trinajstić information content (AvgIpc) is 3.09. The van der Waals surface area contributed by atoms with Gasteiger partial charge in [0, 0.05) is 24.1 Å². The fourth-order valence-electron chi connectivity index (χ4n) is 4.42. The summed E-state index contributed by atoms with van der Waals surface area (Å²) in [6.45, 7) is 2.31. The lowest BCUT2D eigenvalue weighted by Gasteiger charge is -2.20. The molecule has 4 aromatic rings. The molecule has 0 radical (unpaired) electrons. The highest BCUT2D eigenvalue weighted by atomic mass is 79.9. The summed E-state index contributed by atoms with van der Waals surface area (Å²) in [5, 5.41) is 9.67. The number of anilines is 1. The van der Waals surface area contributed by atoms with Gasteiger partial charge in [-0.25, -0.2) is 4.40 Å². The average molecular weight is 508 g/mol. The normalized spacial score (nSPS) is 14.9. The number of methoxy groups -OCH3 is 1. The number of ether oxygens (including phenoxy) is 1. The van der Waals surface area contributed by atoms with Crippen LogP contribution in [0.5, 0.6) is 5.75 Å². The Labute approximate surface area is 200 Å². The molecule has 0 amide bonds. The van der Waals surface area contributed by atoms with Crippen LogP contribution in [0.25, 0.3) is 22.8 Å². The second kappa shape index (κ2) is 9.39. The van der Waals surface area contributed by atoms with Crippen LogP contribution >= 0.6 is 15.9 Å². The number of hydrogen-bond donors (Lipinski definition) is 0. The molecular weight excluding hydrogens is 482 g/mol. The van der Waals surface area contributed by atoms with Crippen molar-refractivity contribution < 1.29 is 4.74 Å². The first-order valence-corrected chi connectivity index (χ1v) is 12.1. The SMILES string of the molecule is COc1ccc(/C=C/Cn2c(=O)c3cc(Br)ccc3n3c(N4CCCCCC4)nnc23)cc1. The minimum atomic E-state index is -0.0759. The Kier molecular flexibility index (Phi) is 6.17. The summed E-state index contributed by atoms with van der Waals surface area (Å²) < 4.78 is 9.83. The maximum atomic E-state index is 13.5. The molecule has 8 heteroatoms. The zero-order chi connectivity index (χ0) is 22.8. The second-order valence-electron chi connectivity index (χ2n) is 8.29. The largest absolute Gasteiger partial charge is 0.497 e. The van der Waals surface area contributed by atoms with Crippen LogP contribution in [0.2, 0.25) is 0 Å². The summed E-state index contributed by atoms with van der Waals surface area (Å²) in [6, 6.07) is 13.6. The minimum Gasteiger partial charge on any atom is -0.497 e. The van der Waals surface area contributed by atoms with Gasteiger partial charge in [-0.3, -0.25) is 9.36 Å². The maximum Gasteiger partial charge on any atom is 0.263 e. The Morgan fingerprint density at radius 1 is 1.03 bits per heavy atom. The molecule has 2 aromatic carbocycles. The molecule has 170 valence electrons. The van der Waals surface area contributed by atoms with E-state index in [-0.39, 0.29) is 5.56 Å². The van der Waals surface area contributed by atoms with Crippen LogP contribution in [0.4, 0.5) is 5.95 Å². The van der Waals surface area contributed by atoms with Crippen molar-refractivity contribution in [3.8, 4) is 5.75 Å². The molecule has 5 rings (SSSR count). The monoisotopic (exact) mass is 507 g/mol. The fourth-order valence-corrected chi connectivity index (χ4v) is 4.78. The highest BCUT2D eigenvalue weighted by Crippen LogP contribution is 2.24. The van der Waals surface area contributed by atoms with Gasteiger partial charge in [-0.15, -0.1) is 10.2 Å². The summed E-state index contributed by atoms with van der Waals surface area (Å²) in [4.78, 5) is 15.8. The third kappa shape index (κ3) is 4.27.